The molecule has 0 spiro atoms. The summed E-state index contributed by atoms with van der Waals surface area (Å²) in [5.74, 6) is 0.766. The highest BCUT2D eigenvalue weighted by molar-refractivity contribution is 5.71. The summed E-state index contributed by atoms with van der Waals surface area (Å²) in [4.78, 5) is 4.09. The highest BCUT2D eigenvalue weighted by atomic mass is 14.7. The van der Waals surface area contributed by atoms with Gasteiger partial charge in [-0.2, -0.15) is 0 Å². The second-order valence-corrected chi connectivity index (χ2v) is 5.70. The second-order valence-electron chi connectivity index (χ2n) is 5.70. The van der Waals surface area contributed by atoms with Gasteiger partial charge >= 0.3 is 0 Å². The number of hydrogen-bond donors (Lipinski definition) is 0. The standard InChI is InChI=1S/C20H25N/c1-5-6-9-18(16(3)21-4)14-15(2)19-10-7-8-11-20(19)17-12-13-17/h6-11,14,17H,4-5,12-13H2,1-3H3/b9-6-,15-14+,18-16+. The van der Waals surface area contributed by atoms with Crippen LogP contribution in [0.25, 0.3) is 5.57 Å². The first-order valence-corrected chi connectivity index (χ1v) is 7.79. The van der Waals surface area contributed by atoms with Gasteiger partial charge in [0.15, 0.2) is 0 Å². The Bertz CT molecular complexity index is 598. The van der Waals surface area contributed by atoms with Crippen molar-refractivity contribution in [1.82, 2.24) is 0 Å². The van der Waals surface area contributed by atoms with Gasteiger partial charge in [-0.1, -0.05) is 43.3 Å². The molecule has 0 heterocycles. The number of aliphatic imine (C=N–C) groups is 1. The fourth-order valence-electron chi connectivity index (χ4n) is 2.53. The van der Waals surface area contributed by atoms with Crippen molar-refractivity contribution >= 4 is 12.3 Å². The summed E-state index contributed by atoms with van der Waals surface area (Å²) in [6, 6.07) is 8.78. The molecular weight excluding hydrogens is 254 g/mol. The van der Waals surface area contributed by atoms with E-state index >= 15 is 0 Å². The zero-order chi connectivity index (χ0) is 15.2. The lowest BCUT2D eigenvalue weighted by atomic mass is 9.96. The highest BCUT2D eigenvalue weighted by Gasteiger charge is 2.25. The third-order valence-electron chi connectivity index (χ3n) is 3.96. The normalized spacial score (nSPS) is 17.0. The van der Waals surface area contributed by atoms with E-state index in [0.29, 0.717) is 0 Å². The van der Waals surface area contributed by atoms with Crippen molar-refractivity contribution in [2.75, 3.05) is 0 Å². The lowest BCUT2D eigenvalue weighted by molar-refractivity contribution is 1.12. The Morgan fingerprint density at radius 3 is 2.62 bits per heavy atom. The zero-order valence-corrected chi connectivity index (χ0v) is 13.4. The van der Waals surface area contributed by atoms with Gasteiger partial charge in [-0.3, -0.25) is 4.99 Å². The van der Waals surface area contributed by atoms with Gasteiger partial charge in [0.2, 0.25) is 0 Å². The maximum absolute atomic E-state index is 4.09. The lowest BCUT2D eigenvalue weighted by Gasteiger charge is -2.10. The van der Waals surface area contributed by atoms with Gasteiger partial charge in [0.1, 0.15) is 0 Å². The Morgan fingerprint density at radius 1 is 1.29 bits per heavy atom. The van der Waals surface area contributed by atoms with Crippen LogP contribution in [0.1, 0.15) is 57.1 Å². The quantitative estimate of drug-likeness (QED) is 0.453. The average molecular weight is 279 g/mol. The van der Waals surface area contributed by atoms with Crippen LogP contribution in [0.5, 0.6) is 0 Å². The van der Waals surface area contributed by atoms with Crippen LogP contribution < -0.4 is 0 Å². The molecule has 1 aromatic carbocycles. The number of nitrogens with zero attached hydrogens (tertiary/aromatic N) is 1. The topological polar surface area (TPSA) is 12.4 Å². The molecule has 1 nitrogen and oxygen atoms in total. The Labute approximate surface area is 128 Å². The SMILES string of the molecule is C=N/C(C)=C(\C=C/CC)/C=C(\C)c1ccccc1C1CC1. The first-order chi connectivity index (χ1) is 10.2. The van der Waals surface area contributed by atoms with Crippen LogP contribution >= 0.6 is 0 Å². The molecule has 0 amide bonds. The second kappa shape index (κ2) is 7.21. The summed E-state index contributed by atoms with van der Waals surface area (Å²) >= 11 is 0. The van der Waals surface area contributed by atoms with Crippen molar-refractivity contribution in [3.8, 4) is 0 Å². The van der Waals surface area contributed by atoms with Crippen LogP contribution in [0, 0.1) is 0 Å². The van der Waals surface area contributed by atoms with E-state index in [-0.39, 0.29) is 0 Å². The van der Waals surface area contributed by atoms with Crippen LogP contribution in [-0.2, 0) is 0 Å². The van der Waals surface area contributed by atoms with E-state index in [1.165, 1.54) is 29.5 Å². The minimum atomic E-state index is 0.766. The first kappa shape index (κ1) is 15.5. The van der Waals surface area contributed by atoms with Gasteiger partial charge in [0.25, 0.3) is 0 Å². The van der Waals surface area contributed by atoms with Gasteiger partial charge in [0.05, 0.1) is 0 Å². The Kier molecular flexibility index (Phi) is 5.32. The largest absolute Gasteiger partial charge is 0.269 e. The molecule has 0 aromatic heterocycles. The number of hydrogen-bond acceptors (Lipinski definition) is 1. The molecule has 0 N–H and O–H groups in total. The molecule has 0 saturated heterocycles. The van der Waals surface area contributed by atoms with E-state index in [1.54, 1.807) is 0 Å². The summed E-state index contributed by atoms with van der Waals surface area (Å²) in [6.07, 6.45) is 10.2. The Balaban J connectivity index is 2.39. The van der Waals surface area contributed by atoms with E-state index in [1.807, 2.05) is 6.92 Å². The molecule has 0 atom stereocenters. The van der Waals surface area contributed by atoms with E-state index < -0.39 is 0 Å². The van der Waals surface area contributed by atoms with Crippen molar-refractivity contribution in [2.24, 2.45) is 4.99 Å². The third kappa shape index (κ3) is 4.04. The summed E-state index contributed by atoms with van der Waals surface area (Å²) in [6.45, 7) is 10.0. The molecule has 1 fully saturated rings. The summed E-state index contributed by atoms with van der Waals surface area (Å²) < 4.78 is 0. The average Bonchev–Trinajstić information content (AvgIpc) is 3.35. The van der Waals surface area contributed by atoms with Gasteiger partial charge in [0, 0.05) is 5.70 Å². The molecule has 0 bridgehead atoms. The Morgan fingerprint density at radius 2 is 2.00 bits per heavy atom. The summed E-state index contributed by atoms with van der Waals surface area (Å²) in [5.41, 5.74) is 6.29. The molecule has 1 aliphatic rings. The molecule has 21 heavy (non-hydrogen) atoms. The van der Waals surface area contributed by atoms with Crippen molar-refractivity contribution in [3.63, 3.8) is 0 Å². The van der Waals surface area contributed by atoms with Crippen LogP contribution in [0.4, 0.5) is 0 Å². The van der Waals surface area contributed by atoms with E-state index in [4.69, 9.17) is 0 Å². The highest BCUT2D eigenvalue weighted by Crippen LogP contribution is 2.43. The fraction of sp³-hybridized carbons (Fsp3) is 0.350. The molecule has 1 saturated carbocycles. The molecule has 0 unspecified atom stereocenters. The van der Waals surface area contributed by atoms with Crippen LogP contribution in [0.2, 0.25) is 0 Å². The van der Waals surface area contributed by atoms with Gasteiger partial charge in [-0.25, -0.2) is 0 Å². The summed E-state index contributed by atoms with van der Waals surface area (Å²) in [5, 5.41) is 0. The van der Waals surface area contributed by atoms with Gasteiger partial charge in [-0.05, 0) is 74.1 Å². The van der Waals surface area contributed by atoms with Crippen molar-refractivity contribution in [3.05, 3.63) is 64.9 Å². The smallest absolute Gasteiger partial charge is 0.0437 e. The van der Waals surface area contributed by atoms with Crippen LogP contribution in [0.15, 0.2) is 58.8 Å². The monoisotopic (exact) mass is 279 g/mol. The van der Waals surface area contributed by atoms with Crippen molar-refractivity contribution in [1.29, 1.82) is 0 Å². The zero-order valence-electron chi connectivity index (χ0n) is 13.4. The Hall–Kier alpha value is -1.89. The van der Waals surface area contributed by atoms with E-state index in [2.05, 4.69) is 68.1 Å². The molecule has 0 radical (unpaired) electrons. The van der Waals surface area contributed by atoms with Crippen LogP contribution in [0.3, 0.4) is 0 Å². The number of allylic oxidation sites excluding steroid dienone is 6. The van der Waals surface area contributed by atoms with Gasteiger partial charge in [-0.15, -0.1) is 0 Å². The number of benzene rings is 1. The van der Waals surface area contributed by atoms with Gasteiger partial charge < -0.3 is 0 Å². The maximum atomic E-state index is 4.09. The third-order valence-corrected chi connectivity index (χ3v) is 3.96. The van der Waals surface area contributed by atoms with Crippen molar-refractivity contribution in [2.45, 2.75) is 46.0 Å². The minimum Gasteiger partial charge on any atom is -0.269 e. The van der Waals surface area contributed by atoms with Crippen LogP contribution in [-0.4, -0.2) is 6.72 Å². The maximum Gasteiger partial charge on any atom is 0.0437 e. The lowest BCUT2D eigenvalue weighted by Crippen LogP contribution is -1.90. The number of rotatable bonds is 6. The fourth-order valence-corrected chi connectivity index (χ4v) is 2.53. The van der Waals surface area contributed by atoms with E-state index in [9.17, 15) is 0 Å². The van der Waals surface area contributed by atoms with E-state index in [0.717, 1.165) is 23.6 Å². The molecule has 1 aromatic rings. The molecule has 1 aliphatic carbocycles. The predicted molar refractivity (Wildman–Crippen MR) is 93.7 cm³/mol. The molecular formula is C20H25N. The van der Waals surface area contributed by atoms with Crippen molar-refractivity contribution < 1.29 is 0 Å². The molecule has 110 valence electrons. The summed E-state index contributed by atoms with van der Waals surface area (Å²) in [7, 11) is 0. The predicted octanol–water partition coefficient (Wildman–Crippen LogP) is 5.91. The molecule has 1 heteroatoms. The molecule has 2 rings (SSSR count). The molecule has 0 aliphatic heterocycles. The first-order valence-electron chi connectivity index (χ1n) is 7.79. The minimum absolute atomic E-state index is 0.766.